The normalized spacial score (nSPS) is 12.0. The standard InChI is InChI=1S/C21H27NO2/c1-5-8-17-11-13-18(14-12-17)24-16(4)21(23)22-20-10-7-6-9-19(20)15(2)3/h6-7,9-16H,5,8H2,1-4H3,(H,22,23). The van der Waals surface area contributed by atoms with Crippen LogP contribution < -0.4 is 10.1 Å². The lowest BCUT2D eigenvalue weighted by Crippen LogP contribution is -2.30. The van der Waals surface area contributed by atoms with E-state index in [1.165, 1.54) is 5.56 Å². The topological polar surface area (TPSA) is 38.3 Å². The highest BCUT2D eigenvalue weighted by atomic mass is 16.5. The third-order valence-corrected chi connectivity index (χ3v) is 3.98. The van der Waals surface area contributed by atoms with Crippen LogP contribution in [0, 0.1) is 0 Å². The predicted octanol–water partition coefficient (Wildman–Crippen LogP) is 5.17. The number of anilines is 1. The summed E-state index contributed by atoms with van der Waals surface area (Å²) in [5, 5.41) is 2.98. The Hall–Kier alpha value is -2.29. The highest BCUT2D eigenvalue weighted by molar-refractivity contribution is 5.94. The number of para-hydroxylation sites is 1. The van der Waals surface area contributed by atoms with Crippen molar-refractivity contribution in [1.29, 1.82) is 0 Å². The van der Waals surface area contributed by atoms with Crippen LogP contribution >= 0.6 is 0 Å². The Morgan fingerprint density at radius 2 is 1.71 bits per heavy atom. The summed E-state index contributed by atoms with van der Waals surface area (Å²) in [5.41, 5.74) is 3.26. The van der Waals surface area contributed by atoms with Gasteiger partial charge in [-0.1, -0.05) is 57.5 Å². The second kappa shape index (κ2) is 8.53. The lowest BCUT2D eigenvalue weighted by molar-refractivity contribution is -0.122. The minimum absolute atomic E-state index is 0.138. The van der Waals surface area contributed by atoms with Gasteiger partial charge in [-0.05, 0) is 48.6 Å². The SMILES string of the molecule is CCCc1ccc(OC(C)C(=O)Nc2ccccc2C(C)C)cc1. The number of benzene rings is 2. The van der Waals surface area contributed by atoms with E-state index in [4.69, 9.17) is 4.74 Å². The monoisotopic (exact) mass is 325 g/mol. The Morgan fingerprint density at radius 3 is 2.33 bits per heavy atom. The van der Waals surface area contributed by atoms with E-state index in [0.717, 1.165) is 29.8 Å². The van der Waals surface area contributed by atoms with E-state index in [-0.39, 0.29) is 5.91 Å². The second-order valence-corrected chi connectivity index (χ2v) is 6.39. The molecule has 0 spiro atoms. The van der Waals surface area contributed by atoms with E-state index in [0.29, 0.717) is 5.92 Å². The molecule has 2 aromatic rings. The molecule has 0 aliphatic rings. The number of carbonyl (C=O) groups is 1. The number of hydrogen-bond acceptors (Lipinski definition) is 2. The average Bonchev–Trinajstić information content (AvgIpc) is 2.57. The Balaban J connectivity index is 2.00. The molecular formula is C21H27NO2. The summed E-state index contributed by atoms with van der Waals surface area (Å²) in [6.45, 7) is 8.16. The fourth-order valence-electron chi connectivity index (χ4n) is 2.63. The summed E-state index contributed by atoms with van der Waals surface area (Å²) < 4.78 is 5.77. The number of ether oxygens (including phenoxy) is 1. The van der Waals surface area contributed by atoms with Crippen molar-refractivity contribution in [2.75, 3.05) is 5.32 Å². The Labute approximate surface area is 145 Å². The molecule has 1 N–H and O–H groups in total. The molecule has 1 amide bonds. The Kier molecular flexibility index (Phi) is 6.42. The smallest absolute Gasteiger partial charge is 0.265 e. The molecule has 2 aromatic carbocycles. The van der Waals surface area contributed by atoms with E-state index < -0.39 is 6.10 Å². The zero-order valence-electron chi connectivity index (χ0n) is 15.0. The lowest BCUT2D eigenvalue weighted by atomic mass is 10.0. The summed E-state index contributed by atoms with van der Waals surface area (Å²) >= 11 is 0. The maximum Gasteiger partial charge on any atom is 0.265 e. The van der Waals surface area contributed by atoms with Crippen LogP contribution in [0.15, 0.2) is 48.5 Å². The molecule has 0 saturated carbocycles. The summed E-state index contributed by atoms with van der Waals surface area (Å²) in [7, 11) is 0. The quantitative estimate of drug-likeness (QED) is 0.763. The van der Waals surface area contributed by atoms with Crippen molar-refractivity contribution in [3.8, 4) is 5.75 Å². The van der Waals surface area contributed by atoms with Gasteiger partial charge in [0.2, 0.25) is 0 Å². The predicted molar refractivity (Wildman–Crippen MR) is 99.7 cm³/mol. The molecule has 128 valence electrons. The number of aryl methyl sites for hydroxylation is 1. The van der Waals surface area contributed by atoms with Crippen LogP contribution in [-0.2, 0) is 11.2 Å². The highest BCUT2D eigenvalue weighted by Crippen LogP contribution is 2.24. The van der Waals surface area contributed by atoms with Crippen LogP contribution in [-0.4, -0.2) is 12.0 Å². The second-order valence-electron chi connectivity index (χ2n) is 6.39. The summed E-state index contributed by atoms with van der Waals surface area (Å²) in [4.78, 5) is 12.4. The molecule has 0 saturated heterocycles. The van der Waals surface area contributed by atoms with Crippen LogP contribution in [0.2, 0.25) is 0 Å². The molecule has 1 atom stereocenters. The zero-order chi connectivity index (χ0) is 17.5. The average molecular weight is 325 g/mol. The largest absolute Gasteiger partial charge is 0.481 e. The van der Waals surface area contributed by atoms with Crippen LogP contribution in [0.1, 0.15) is 51.2 Å². The number of nitrogens with one attached hydrogen (secondary N) is 1. The summed E-state index contributed by atoms with van der Waals surface area (Å²) in [6.07, 6.45) is 1.62. The van der Waals surface area contributed by atoms with E-state index >= 15 is 0 Å². The molecule has 0 fully saturated rings. The molecule has 1 unspecified atom stereocenters. The van der Waals surface area contributed by atoms with Gasteiger partial charge in [-0.15, -0.1) is 0 Å². The minimum atomic E-state index is -0.553. The van der Waals surface area contributed by atoms with E-state index in [2.05, 4.69) is 38.2 Å². The molecule has 0 radical (unpaired) electrons. The van der Waals surface area contributed by atoms with Crippen LogP contribution in [0.3, 0.4) is 0 Å². The van der Waals surface area contributed by atoms with E-state index in [1.807, 2.05) is 36.4 Å². The zero-order valence-corrected chi connectivity index (χ0v) is 15.0. The molecule has 24 heavy (non-hydrogen) atoms. The third kappa shape index (κ3) is 4.85. The molecule has 0 aromatic heterocycles. The molecule has 3 heteroatoms. The lowest BCUT2D eigenvalue weighted by Gasteiger charge is -2.18. The molecule has 0 bridgehead atoms. The van der Waals surface area contributed by atoms with E-state index in [1.54, 1.807) is 6.92 Å². The summed E-state index contributed by atoms with van der Waals surface area (Å²) in [5.74, 6) is 0.930. The molecule has 0 aliphatic carbocycles. The van der Waals surface area contributed by atoms with Crippen molar-refractivity contribution in [2.45, 2.75) is 52.6 Å². The molecule has 2 rings (SSSR count). The third-order valence-electron chi connectivity index (χ3n) is 3.98. The molecule has 3 nitrogen and oxygen atoms in total. The maximum atomic E-state index is 12.4. The first-order valence-electron chi connectivity index (χ1n) is 8.66. The Morgan fingerprint density at radius 1 is 1.04 bits per heavy atom. The van der Waals surface area contributed by atoms with Crippen LogP contribution in [0.25, 0.3) is 0 Å². The fourth-order valence-corrected chi connectivity index (χ4v) is 2.63. The fraction of sp³-hybridized carbons (Fsp3) is 0.381. The van der Waals surface area contributed by atoms with Gasteiger partial charge in [0.15, 0.2) is 6.10 Å². The van der Waals surface area contributed by atoms with Crippen molar-refractivity contribution in [3.05, 3.63) is 59.7 Å². The first-order valence-corrected chi connectivity index (χ1v) is 8.66. The Bertz CT molecular complexity index is 662. The van der Waals surface area contributed by atoms with E-state index in [9.17, 15) is 4.79 Å². The molecular weight excluding hydrogens is 298 g/mol. The molecule has 0 aliphatic heterocycles. The van der Waals surface area contributed by atoms with Crippen LogP contribution in [0.5, 0.6) is 5.75 Å². The van der Waals surface area contributed by atoms with Crippen LogP contribution in [0.4, 0.5) is 5.69 Å². The van der Waals surface area contributed by atoms with Gasteiger partial charge in [0.05, 0.1) is 0 Å². The van der Waals surface area contributed by atoms with Crippen molar-refractivity contribution >= 4 is 11.6 Å². The van der Waals surface area contributed by atoms with Crippen molar-refractivity contribution in [3.63, 3.8) is 0 Å². The van der Waals surface area contributed by atoms with Gasteiger partial charge in [-0.2, -0.15) is 0 Å². The van der Waals surface area contributed by atoms with Gasteiger partial charge < -0.3 is 10.1 Å². The minimum Gasteiger partial charge on any atom is -0.481 e. The van der Waals surface area contributed by atoms with Crippen molar-refractivity contribution < 1.29 is 9.53 Å². The molecule has 0 heterocycles. The van der Waals surface area contributed by atoms with Gasteiger partial charge >= 0.3 is 0 Å². The number of carbonyl (C=O) groups excluding carboxylic acids is 1. The highest BCUT2D eigenvalue weighted by Gasteiger charge is 2.17. The van der Waals surface area contributed by atoms with Gasteiger partial charge in [0.1, 0.15) is 5.75 Å². The van der Waals surface area contributed by atoms with Gasteiger partial charge in [0.25, 0.3) is 5.91 Å². The first kappa shape index (κ1) is 18.1. The number of rotatable bonds is 7. The van der Waals surface area contributed by atoms with Gasteiger partial charge in [0, 0.05) is 5.69 Å². The van der Waals surface area contributed by atoms with Crippen molar-refractivity contribution in [2.24, 2.45) is 0 Å². The van der Waals surface area contributed by atoms with Gasteiger partial charge in [-0.25, -0.2) is 0 Å². The van der Waals surface area contributed by atoms with Crippen molar-refractivity contribution in [1.82, 2.24) is 0 Å². The maximum absolute atomic E-state index is 12.4. The number of hydrogen-bond donors (Lipinski definition) is 1. The van der Waals surface area contributed by atoms with Gasteiger partial charge in [-0.3, -0.25) is 4.79 Å². The summed E-state index contributed by atoms with van der Waals surface area (Å²) in [6, 6.07) is 15.8. The first-order chi connectivity index (χ1) is 11.5. The number of amides is 1.